The molecule has 1 saturated heterocycles. The number of likely N-dealkylation sites (tertiary alicyclic amines) is 1. The Bertz CT molecular complexity index is 295. The van der Waals surface area contributed by atoms with Crippen molar-refractivity contribution < 1.29 is 9.53 Å². The fourth-order valence-corrected chi connectivity index (χ4v) is 2.12. The van der Waals surface area contributed by atoms with Crippen molar-refractivity contribution in [3.63, 3.8) is 0 Å². The van der Waals surface area contributed by atoms with Crippen LogP contribution in [-0.4, -0.2) is 50.6 Å². The van der Waals surface area contributed by atoms with Gasteiger partial charge in [-0.15, -0.1) is 0 Å². The van der Waals surface area contributed by atoms with E-state index in [9.17, 15) is 4.79 Å². The number of carbonyl (C=O) groups is 1. The number of rotatable bonds is 3. The van der Waals surface area contributed by atoms with Crippen molar-refractivity contribution in [3.05, 3.63) is 0 Å². The Balaban J connectivity index is 2.43. The molecule has 0 radical (unpaired) electrons. The number of nitrogens with zero attached hydrogens (tertiary/aromatic N) is 2. The minimum absolute atomic E-state index is 0.0504. The number of carbonyl (C=O) groups excluding carboxylic acids is 1. The average molecular weight is 255 g/mol. The van der Waals surface area contributed by atoms with Gasteiger partial charge in [-0.2, -0.15) is 0 Å². The van der Waals surface area contributed by atoms with Crippen LogP contribution in [0.1, 0.15) is 26.7 Å². The van der Waals surface area contributed by atoms with Gasteiger partial charge in [0.05, 0.1) is 13.0 Å². The van der Waals surface area contributed by atoms with Gasteiger partial charge in [0.1, 0.15) is 0 Å². The number of methoxy groups -OCH3 is 1. The maximum absolute atomic E-state index is 11.4. The minimum atomic E-state index is -0.0835. The van der Waals surface area contributed by atoms with Gasteiger partial charge in [-0.3, -0.25) is 9.79 Å². The highest BCUT2D eigenvalue weighted by molar-refractivity contribution is 5.80. The number of esters is 1. The number of hydrogen-bond donors (Lipinski definition) is 1. The van der Waals surface area contributed by atoms with Gasteiger partial charge in [0.2, 0.25) is 0 Å². The van der Waals surface area contributed by atoms with E-state index in [1.165, 1.54) is 7.11 Å². The minimum Gasteiger partial charge on any atom is -0.469 e. The van der Waals surface area contributed by atoms with Gasteiger partial charge in [0.25, 0.3) is 0 Å². The fraction of sp³-hybridized carbons (Fsp3) is 0.846. The maximum atomic E-state index is 11.4. The molecule has 0 bridgehead atoms. The van der Waals surface area contributed by atoms with E-state index < -0.39 is 0 Å². The lowest BCUT2D eigenvalue weighted by molar-refractivity contribution is -0.146. The summed E-state index contributed by atoms with van der Waals surface area (Å²) in [5, 5.41) is 3.36. The Morgan fingerprint density at radius 3 is 2.50 bits per heavy atom. The van der Waals surface area contributed by atoms with Crippen molar-refractivity contribution >= 4 is 11.9 Å². The zero-order chi connectivity index (χ0) is 13.5. The molecule has 1 N–H and O–H groups in total. The molecular weight excluding hydrogens is 230 g/mol. The molecule has 1 fully saturated rings. The molecule has 0 spiro atoms. The van der Waals surface area contributed by atoms with Crippen molar-refractivity contribution in [2.24, 2.45) is 16.8 Å². The number of ether oxygens (including phenoxy) is 1. The lowest BCUT2D eigenvalue weighted by atomic mass is 9.97. The highest BCUT2D eigenvalue weighted by atomic mass is 16.5. The van der Waals surface area contributed by atoms with Gasteiger partial charge in [0, 0.05) is 26.7 Å². The standard InChI is InChI=1S/C13H25N3O2/c1-10(2)9-15-13(14-3)16-7-5-11(6-8-16)12(17)18-4/h10-11H,5-9H2,1-4H3,(H,14,15). The molecule has 0 aliphatic carbocycles. The van der Waals surface area contributed by atoms with Gasteiger partial charge in [-0.1, -0.05) is 13.8 Å². The normalized spacial score (nSPS) is 18.1. The molecule has 1 rings (SSSR count). The lowest BCUT2D eigenvalue weighted by Crippen LogP contribution is -2.47. The van der Waals surface area contributed by atoms with Crippen LogP contribution in [0.25, 0.3) is 0 Å². The topological polar surface area (TPSA) is 53.9 Å². The van der Waals surface area contributed by atoms with Crippen LogP contribution >= 0.6 is 0 Å². The van der Waals surface area contributed by atoms with Crippen LogP contribution in [0.15, 0.2) is 4.99 Å². The largest absolute Gasteiger partial charge is 0.469 e. The summed E-state index contributed by atoms with van der Waals surface area (Å²) in [6.07, 6.45) is 1.68. The van der Waals surface area contributed by atoms with Crippen molar-refractivity contribution in [1.82, 2.24) is 10.2 Å². The molecule has 0 aromatic heterocycles. The van der Waals surface area contributed by atoms with Crippen LogP contribution in [0.2, 0.25) is 0 Å². The average Bonchev–Trinajstić information content (AvgIpc) is 2.39. The second kappa shape index (κ2) is 7.24. The van der Waals surface area contributed by atoms with Crippen LogP contribution in [0.4, 0.5) is 0 Å². The third kappa shape index (κ3) is 4.20. The molecule has 5 nitrogen and oxygen atoms in total. The first kappa shape index (κ1) is 14.8. The van der Waals surface area contributed by atoms with Gasteiger partial charge in [-0.05, 0) is 18.8 Å². The van der Waals surface area contributed by atoms with Crippen molar-refractivity contribution in [3.8, 4) is 0 Å². The van der Waals surface area contributed by atoms with E-state index in [0.29, 0.717) is 5.92 Å². The number of piperidine rings is 1. The molecule has 1 aliphatic rings. The van der Waals surface area contributed by atoms with Gasteiger partial charge < -0.3 is 15.0 Å². The molecule has 104 valence electrons. The lowest BCUT2D eigenvalue weighted by Gasteiger charge is -2.33. The summed E-state index contributed by atoms with van der Waals surface area (Å²) >= 11 is 0. The smallest absolute Gasteiger partial charge is 0.308 e. The maximum Gasteiger partial charge on any atom is 0.308 e. The molecule has 1 aliphatic heterocycles. The van der Waals surface area contributed by atoms with E-state index >= 15 is 0 Å². The molecule has 0 amide bonds. The van der Waals surface area contributed by atoms with Crippen molar-refractivity contribution in [2.45, 2.75) is 26.7 Å². The first-order valence-corrected chi connectivity index (χ1v) is 6.62. The number of hydrogen-bond acceptors (Lipinski definition) is 3. The molecule has 5 heteroatoms. The molecule has 0 aromatic rings. The molecule has 1 heterocycles. The predicted octanol–water partition coefficient (Wildman–Crippen LogP) is 1.10. The second-order valence-electron chi connectivity index (χ2n) is 5.11. The monoisotopic (exact) mass is 255 g/mol. The Labute approximate surface area is 110 Å². The van der Waals surface area contributed by atoms with Crippen LogP contribution in [0, 0.1) is 11.8 Å². The first-order chi connectivity index (χ1) is 8.58. The van der Waals surface area contributed by atoms with Crippen LogP contribution in [0.5, 0.6) is 0 Å². The van der Waals surface area contributed by atoms with Crippen molar-refractivity contribution in [2.75, 3.05) is 33.8 Å². The number of aliphatic imine (C=N–C) groups is 1. The molecular formula is C13H25N3O2. The Kier molecular flexibility index (Phi) is 5.95. The summed E-state index contributed by atoms with van der Waals surface area (Å²) in [6, 6.07) is 0. The van der Waals surface area contributed by atoms with Crippen LogP contribution in [0.3, 0.4) is 0 Å². The quantitative estimate of drug-likeness (QED) is 0.466. The third-order valence-corrected chi connectivity index (χ3v) is 3.21. The van der Waals surface area contributed by atoms with E-state index in [1.807, 2.05) is 0 Å². The van der Waals surface area contributed by atoms with E-state index in [2.05, 4.69) is 29.1 Å². The second-order valence-corrected chi connectivity index (χ2v) is 5.11. The summed E-state index contributed by atoms with van der Waals surface area (Å²) in [4.78, 5) is 17.9. The third-order valence-electron chi connectivity index (χ3n) is 3.21. The summed E-state index contributed by atoms with van der Waals surface area (Å²) in [6.45, 7) is 6.98. The van der Waals surface area contributed by atoms with E-state index in [1.54, 1.807) is 7.05 Å². The highest BCUT2D eigenvalue weighted by Crippen LogP contribution is 2.18. The van der Waals surface area contributed by atoms with Gasteiger partial charge in [-0.25, -0.2) is 0 Å². The fourth-order valence-electron chi connectivity index (χ4n) is 2.12. The summed E-state index contributed by atoms with van der Waals surface area (Å²) in [7, 11) is 3.26. The first-order valence-electron chi connectivity index (χ1n) is 6.62. The van der Waals surface area contributed by atoms with Crippen molar-refractivity contribution in [1.29, 1.82) is 0 Å². The van der Waals surface area contributed by atoms with E-state index in [0.717, 1.165) is 38.4 Å². The SMILES string of the molecule is CN=C(NCC(C)C)N1CCC(C(=O)OC)CC1. The zero-order valence-electron chi connectivity index (χ0n) is 11.9. The number of nitrogens with one attached hydrogen (secondary N) is 1. The summed E-state index contributed by atoms with van der Waals surface area (Å²) < 4.78 is 4.79. The van der Waals surface area contributed by atoms with Crippen LogP contribution in [-0.2, 0) is 9.53 Å². The predicted molar refractivity (Wildman–Crippen MR) is 72.5 cm³/mol. The Morgan fingerprint density at radius 2 is 2.06 bits per heavy atom. The molecule has 18 heavy (non-hydrogen) atoms. The Morgan fingerprint density at radius 1 is 1.44 bits per heavy atom. The Hall–Kier alpha value is -1.26. The van der Waals surface area contributed by atoms with E-state index in [-0.39, 0.29) is 11.9 Å². The van der Waals surface area contributed by atoms with E-state index in [4.69, 9.17) is 4.74 Å². The highest BCUT2D eigenvalue weighted by Gasteiger charge is 2.26. The molecule has 0 aromatic carbocycles. The van der Waals surface area contributed by atoms with Gasteiger partial charge >= 0.3 is 5.97 Å². The molecule has 0 saturated carbocycles. The summed E-state index contributed by atoms with van der Waals surface area (Å²) in [5.74, 6) is 1.50. The summed E-state index contributed by atoms with van der Waals surface area (Å²) in [5.41, 5.74) is 0. The van der Waals surface area contributed by atoms with Gasteiger partial charge in [0.15, 0.2) is 5.96 Å². The molecule has 0 unspecified atom stereocenters. The zero-order valence-corrected chi connectivity index (χ0v) is 11.9. The van der Waals surface area contributed by atoms with Crippen LogP contribution < -0.4 is 5.32 Å². The number of guanidine groups is 1. The molecule has 0 atom stereocenters.